The van der Waals surface area contributed by atoms with Crippen molar-refractivity contribution in [2.24, 2.45) is 4.99 Å². The summed E-state index contributed by atoms with van der Waals surface area (Å²) in [4.78, 5) is 32.5. The van der Waals surface area contributed by atoms with Gasteiger partial charge in [-0.2, -0.15) is 0 Å². The molecule has 1 aliphatic heterocycles. The lowest BCUT2D eigenvalue weighted by atomic mass is 9.95. The second-order valence-electron chi connectivity index (χ2n) is 9.39. The molecule has 1 aliphatic rings. The van der Waals surface area contributed by atoms with Gasteiger partial charge in [0, 0.05) is 34.8 Å². The highest BCUT2D eigenvalue weighted by molar-refractivity contribution is 7.07. The zero-order chi connectivity index (χ0) is 27.0. The number of hydrogen-bond acceptors (Lipinski definition) is 6. The van der Waals surface area contributed by atoms with E-state index in [9.17, 15) is 9.59 Å². The van der Waals surface area contributed by atoms with Crippen LogP contribution < -0.4 is 19.6 Å². The van der Waals surface area contributed by atoms with Gasteiger partial charge in [0.1, 0.15) is 11.8 Å². The van der Waals surface area contributed by atoms with E-state index in [4.69, 9.17) is 14.5 Å². The highest BCUT2D eigenvalue weighted by Crippen LogP contribution is 2.36. The Morgan fingerprint density at radius 2 is 1.87 bits per heavy atom. The van der Waals surface area contributed by atoms with Crippen LogP contribution in [0.3, 0.4) is 0 Å². The van der Waals surface area contributed by atoms with E-state index in [2.05, 4.69) is 29.8 Å². The minimum absolute atomic E-state index is 0.0843. The summed E-state index contributed by atoms with van der Waals surface area (Å²) in [5.41, 5.74) is 3.46. The average Bonchev–Trinajstić information content (AvgIpc) is 3.40. The van der Waals surface area contributed by atoms with Gasteiger partial charge < -0.3 is 14.0 Å². The number of nitrogens with zero attached hydrogens (tertiary/aromatic N) is 3. The van der Waals surface area contributed by atoms with Crippen LogP contribution in [0.15, 0.2) is 75.8 Å². The van der Waals surface area contributed by atoms with Crippen LogP contribution in [0.25, 0.3) is 17.0 Å². The van der Waals surface area contributed by atoms with Crippen molar-refractivity contribution in [3.8, 4) is 5.75 Å². The van der Waals surface area contributed by atoms with Gasteiger partial charge in [-0.3, -0.25) is 9.36 Å². The predicted octanol–water partition coefficient (Wildman–Crippen LogP) is 4.56. The van der Waals surface area contributed by atoms with Crippen molar-refractivity contribution in [2.45, 2.75) is 53.3 Å². The molecule has 0 saturated heterocycles. The molecular formula is C30H31N3O4S. The number of hydrogen-bond donors (Lipinski definition) is 0. The Kier molecular flexibility index (Phi) is 7.08. The molecule has 0 radical (unpaired) electrons. The van der Waals surface area contributed by atoms with Gasteiger partial charge >= 0.3 is 5.97 Å². The SMILES string of the molecule is CCOC(=O)C1=C(C)N=c2s/c(=C\c3cn(CC)c4ccccc34)c(=O)n2[C@@H]1c1ccccc1OC(C)C. The Morgan fingerprint density at radius 3 is 2.61 bits per heavy atom. The van der Waals surface area contributed by atoms with Crippen LogP contribution in [0.4, 0.5) is 0 Å². The number of benzene rings is 2. The molecule has 2 aromatic carbocycles. The van der Waals surface area contributed by atoms with Crippen molar-refractivity contribution < 1.29 is 14.3 Å². The Labute approximate surface area is 225 Å². The molecule has 5 rings (SSSR count). The van der Waals surface area contributed by atoms with E-state index in [1.54, 1.807) is 18.4 Å². The molecule has 0 saturated carbocycles. The summed E-state index contributed by atoms with van der Waals surface area (Å²) in [7, 11) is 0. The molecule has 0 aliphatic carbocycles. The van der Waals surface area contributed by atoms with Crippen LogP contribution >= 0.6 is 11.3 Å². The lowest BCUT2D eigenvalue weighted by Gasteiger charge is -2.26. The summed E-state index contributed by atoms with van der Waals surface area (Å²) in [6, 6.07) is 15.0. The van der Waals surface area contributed by atoms with Crippen molar-refractivity contribution in [1.29, 1.82) is 0 Å². The molecule has 1 atom stereocenters. The number of carbonyl (C=O) groups excluding carboxylic acids is 1. The number of fused-ring (bicyclic) bond motifs is 2. The monoisotopic (exact) mass is 529 g/mol. The molecule has 0 fully saturated rings. The highest BCUT2D eigenvalue weighted by atomic mass is 32.1. The predicted molar refractivity (Wildman–Crippen MR) is 150 cm³/mol. The summed E-state index contributed by atoms with van der Waals surface area (Å²) in [6.45, 7) is 10.6. The van der Waals surface area contributed by atoms with Gasteiger partial charge in [0.2, 0.25) is 0 Å². The standard InChI is InChI=1S/C30H31N3O4S/c1-6-32-17-20(21-12-8-10-14-23(21)32)16-25-28(34)33-27(22-13-9-11-15-24(22)37-18(3)4)26(29(35)36-7-2)19(5)31-30(33)38-25/h8-18,27H,6-7H2,1-5H3/b25-16-/t27-/m1/s1. The quantitative estimate of drug-likeness (QED) is 0.329. The number of aryl methyl sites for hydroxylation is 1. The average molecular weight is 530 g/mol. The molecule has 0 bridgehead atoms. The molecule has 38 heavy (non-hydrogen) atoms. The van der Waals surface area contributed by atoms with Crippen LogP contribution in [-0.4, -0.2) is 27.8 Å². The third-order valence-electron chi connectivity index (χ3n) is 6.54. The van der Waals surface area contributed by atoms with Gasteiger partial charge in [-0.1, -0.05) is 47.7 Å². The molecule has 7 nitrogen and oxygen atoms in total. The number of thiazole rings is 1. The van der Waals surface area contributed by atoms with E-state index >= 15 is 0 Å². The number of carbonyl (C=O) groups is 1. The van der Waals surface area contributed by atoms with Gasteiger partial charge in [-0.05, 0) is 52.8 Å². The van der Waals surface area contributed by atoms with Gasteiger partial charge in [0.15, 0.2) is 4.80 Å². The second kappa shape index (κ2) is 10.5. The number of esters is 1. The topological polar surface area (TPSA) is 74.8 Å². The molecule has 0 unspecified atom stereocenters. The number of ether oxygens (including phenoxy) is 2. The van der Waals surface area contributed by atoms with Crippen molar-refractivity contribution in [3.05, 3.63) is 96.8 Å². The zero-order valence-corrected chi connectivity index (χ0v) is 23.0. The first kappa shape index (κ1) is 25.7. The summed E-state index contributed by atoms with van der Waals surface area (Å²) in [5, 5.41) is 1.08. The molecule has 196 valence electrons. The smallest absolute Gasteiger partial charge is 0.338 e. The minimum Gasteiger partial charge on any atom is -0.491 e. The number of para-hydroxylation sites is 2. The van der Waals surface area contributed by atoms with E-state index in [1.165, 1.54) is 11.3 Å². The number of allylic oxidation sites excluding steroid dienone is 1. The third-order valence-corrected chi connectivity index (χ3v) is 7.52. The Hall–Kier alpha value is -3.91. The van der Waals surface area contributed by atoms with Gasteiger partial charge in [-0.25, -0.2) is 9.79 Å². The molecule has 2 aromatic heterocycles. The maximum atomic E-state index is 14.0. The van der Waals surface area contributed by atoms with Crippen LogP contribution in [0.2, 0.25) is 0 Å². The Morgan fingerprint density at radius 1 is 1.13 bits per heavy atom. The molecule has 4 aromatic rings. The van der Waals surface area contributed by atoms with E-state index in [1.807, 2.05) is 56.3 Å². The van der Waals surface area contributed by atoms with Crippen LogP contribution in [0, 0.1) is 0 Å². The molecule has 0 spiro atoms. The fraction of sp³-hybridized carbons (Fsp3) is 0.300. The number of rotatable bonds is 7. The van der Waals surface area contributed by atoms with Crippen LogP contribution in [-0.2, 0) is 16.1 Å². The van der Waals surface area contributed by atoms with E-state index in [-0.39, 0.29) is 18.3 Å². The zero-order valence-electron chi connectivity index (χ0n) is 22.2. The van der Waals surface area contributed by atoms with Crippen LogP contribution in [0.5, 0.6) is 5.75 Å². The van der Waals surface area contributed by atoms with E-state index in [0.29, 0.717) is 31.9 Å². The lowest BCUT2D eigenvalue weighted by molar-refractivity contribution is -0.139. The van der Waals surface area contributed by atoms with E-state index in [0.717, 1.165) is 23.0 Å². The van der Waals surface area contributed by atoms with Gasteiger partial charge in [-0.15, -0.1) is 0 Å². The molecule has 3 heterocycles. The first-order valence-electron chi connectivity index (χ1n) is 12.9. The van der Waals surface area contributed by atoms with Gasteiger partial charge in [0.05, 0.1) is 28.5 Å². The first-order chi connectivity index (χ1) is 18.3. The summed E-state index contributed by atoms with van der Waals surface area (Å²) in [6.07, 6.45) is 3.91. The minimum atomic E-state index is -0.723. The second-order valence-corrected chi connectivity index (χ2v) is 10.4. The lowest BCUT2D eigenvalue weighted by Crippen LogP contribution is -2.40. The fourth-order valence-electron chi connectivity index (χ4n) is 4.95. The van der Waals surface area contributed by atoms with Gasteiger partial charge in [0.25, 0.3) is 5.56 Å². The summed E-state index contributed by atoms with van der Waals surface area (Å²) < 4.78 is 15.9. The Balaban J connectivity index is 1.76. The van der Waals surface area contributed by atoms with E-state index < -0.39 is 12.0 Å². The summed E-state index contributed by atoms with van der Waals surface area (Å²) >= 11 is 1.32. The van der Waals surface area contributed by atoms with Crippen molar-refractivity contribution in [1.82, 2.24) is 9.13 Å². The normalized spacial score (nSPS) is 15.6. The summed E-state index contributed by atoms with van der Waals surface area (Å²) in [5.74, 6) is 0.128. The maximum Gasteiger partial charge on any atom is 0.338 e. The number of aromatic nitrogens is 2. The van der Waals surface area contributed by atoms with Crippen molar-refractivity contribution in [2.75, 3.05) is 6.61 Å². The third kappa shape index (κ3) is 4.49. The molecule has 0 N–H and O–H groups in total. The largest absolute Gasteiger partial charge is 0.491 e. The first-order valence-corrected chi connectivity index (χ1v) is 13.7. The van der Waals surface area contributed by atoms with Crippen molar-refractivity contribution >= 4 is 34.3 Å². The molecule has 0 amide bonds. The Bertz CT molecular complexity index is 1740. The molecule has 8 heteroatoms. The maximum absolute atomic E-state index is 14.0. The highest BCUT2D eigenvalue weighted by Gasteiger charge is 2.35. The fourth-order valence-corrected chi connectivity index (χ4v) is 5.98. The van der Waals surface area contributed by atoms with Crippen LogP contribution in [0.1, 0.15) is 51.8 Å². The molecular weight excluding hydrogens is 498 g/mol. The van der Waals surface area contributed by atoms with Crippen molar-refractivity contribution in [3.63, 3.8) is 0 Å².